The number of hydrogen-bond acceptors (Lipinski definition) is 6. The minimum atomic E-state index is -4.13. The lowest BCUT2D eigenvalue weighted by Gasteiger charge is -2.12. The second-order valence-corrected chi connectivity index (χ2v) is 8.64. The molecule has 0 unspecified atom stereocenters. The zero-order valence-electron chi connectivity index (χ0n) is 18.1. The Kier molecular flexibility index (Phi) is 7.33. The summed E-state index contributed by atoms with van der Waals surface area (Å²) < 4.78 is 43.0. The van der Waals surface area contributed by atoms with Crippen molar-refractivity contribution in [3.8, 4) is 17.2 Å². The van der Waals surface area contributed by atoms with Crippen LogP contribution in [0.1, 0.15) is 22.8 Å². The number of Topliss-reactive ketones (excluding diaryl/α,β-unsaturated/α-hetero) is 1. The molecule has 6 nitrogen and oxygen atoms in total. The molecule has 166 valence electrons. The maximum absolute atomic E-state index is 13.5. The maximum Gasteiger partial charge on any atom is 0.210 e. The van der Waals surface area contributed by atoms with Gasteiger partial charge in [-0.15, -0.1) is 0 Å². The Balaban J connectivity index is 2.15. The first-order valence-corrected chi connectivity index (χ1v) is 11.4. The van der Waals surface area contributed by atoms with Gasteiger partial charge in [0.25, 0.3) is 0 Å². The van der Waals surface area contributed by atoms with Gasteiger partial charge in [-0.05, 0) is 55.0 Å². The van der Waals surface area contributed by atoms with E-state index in [-0.39, 0.29) is 15.4 Å². The minimum absolute atomic E-state index is 0.00766. The fourth-order valence-corrected chi connectivity index (χ4v) is 4.48. The summed E-state index contributed by atoms with van der Waals surface area (Å²) in [5.74, 6) is 0.879. The van der Waals surface area contributed by atoms with Crippen LogP contribution < -0.4 is 14.2 Å². The first-order chi connectivity index (χ1) is 15.4. The summed E-state index contributed by atoms with van der Waals surface area (Å²) in [6.45, 7) is 2.31. The van der Waals surface area contributed by atoms with E-state index in [1.165, 1.54) is 44.6 Å². The van der Waals surface area contributed by atoms with Gasteiger partial charge in [0.1, 0.15) is 10.7 Å². The predicted octanol–water partition coefficient (Wildman–Crippen LogP) is 4.80. The Bertz CT molecular complexity index is 1210. The van der Waals surface area contributed by atoms with Gasteiger partial charge < -0.3 is 14.2 Å². The Labute approximate surface area is 188 Å². The molecule has 0 saturated heterocycles. The molecule has 0 radical (unpaired) electrons. The van der Waals surface area contributed by atoms with Crippen LogP contribution in [0.15, 0.2) is 82.6 Å². The van der Waals surface area contributed by atoms with Gasteiger partial charge in [0.05, 0.1) is 25.7 Å². The molecule has 3 aromatic carbocycles. The number of benzene rings is 3. The number of sulfone groups is 1. The topological polar surface area (TPSA) is 78.9 Å². The molecule has 3 rings (SSSR count). The second kappa shape index (κ2) is 10.2. The number of carbonyl (C=O) groups excluding carboxylic acids is 1. The molecule has 3 aromatic rings. The van der Waals surface area contributed by atoms with Gasteiger partial charge in [0.2, 0.25) is 15.6 Å². The number of carbonyl (C=O) groups is 1. The van der Waals surface area contributed by atoms with Gasteiger partial charge in [0.15, 0.2) is 11.5 Å². The molecule has 0 aliphatic heterocycles. The molecule has 0 N–H and O–H groups in total. The lowest BCUT2D eigenvalue weighted by molar-refractivity contribution is 0.104. The highest BCUT2D eigenvalue weighted by atomic mass is 32.2. The Morgan fingerprint density at radius 3 is 2.16 bits per heavy atom. The third-order valence-corrected chi connectivity index (χ3v) is 6.48. The zero-order valence-corrected chi connectivity index (χ0v) is 18.9. The average Bonchev–Trinajstić information content (AvgIpc) is 2.83. The van der Waals surface area contributed by atoms with Crippen LogP contribution in [0, 0.1) is 0 Å². The van der Waals surface area contributed by atoms with E-state index in [2.05, 4.69) is 0 Å². The van der Waals surface area contributed by atoms with Gasteiger partial charge in [-0.3, -0.25) is 4.79 Å². The van der Waals surface area contributed by atoms with Crippen LogP contribution >= 0.6 is 0 Å². The van der Waals surface area contributed by atoms with E-state index in [9.17, 15) is 13.2 Å². The quantitative estimate of drug-likeness (QED) is 0.343. The fourth-order valence-electron chi connectivity index (χ4n) is 3.08. The number of allylic oxidation sites excluding steroid dienone is 1. The van der Waals surface area contributed by atoms with Crippen LogP contribution in [0.4, 0.5) is 0 Å². The minimum Gasteiger partial charge on any atom is -0.497 e. The highest BCUT2D eigenvalue weighted by Crippen LogP contribution is 2.31. The third kappa shape index (κ3) is 5.00. The molecule has 0 aliphatic carbocycles. The van der Waals surface area contributed by atoms with E-state index < -0.39 is 15.6 Å². The number of ether oxygens (including phenoxy) is 3. The molecule has 0 bridgehead atoms. The fraction of sp³-hybridized carbons (Fsp3) is 0.160. The SMILES string of the molecule is CCOc1ccc(C=C(C(=O)c2ccccc2)S(=O)(=O)c2ccc(OC)cc2)cc1OC. The number of ketones is 1. The summed E-state index contributed by atoms with van der Waals surface area (Å²) in [5.41, 5.74) is 0.760. The van der Waals surface area contributed by atoms with Gasteiger partial charge in [0, 0.05) is 5.56 Å². The molecule has 0 aromatic heterocycles. The molecule has 32 heavy (non-hydrogen) atoms. The van der Waals surface area contributed by atoms with E-state index in [1.54, 1.807) is 48.5 Å². The average molecular weight is 453 g/mol. The smallest absolute Gasteiger partial charge is 0.210 e. The Morgan fingerprint density at radius 2 is 1.56 bits per heavy atom. The maximum atomic E-state index is 13.5. The summed E-state index contributed by atoms with van der Waals surface area (Å²) in [6.07, 6.45) is 1.35. The van der Waals surface area contributed by atoms with Crippen LogP contribution in [0.25, 0.3) is 6.08 Å². The molecule has 0 fully saturated rings. The normalized spacial score (nSPS) is 11.7. The van der Waals surface area contributed by atoms with E-state index in [0.29, 0.717) is 29.4 Å². The van der Waals surface area contributed by atoms with Crippen molar-refractivity contribution in [2.24, 2.45) is 0 Å². The second-order valence-electron chi connectivity index (χ2n) is 6.73. The zero-order chi connectivity index (χ0) is 23.1. The summed E-state index contributed by atoms with van der Waals surface area (Å²) >= 11 is 0. The van der Waals surface area contributed by atoms with Crippen molar-refractivity contribution in [3.05, 3.63) is 88.8 Å². The predicted molar refractivity (Wildman–Crippen MR) is 123 cm³/mol. The van der Waals surface area contributed by atoms with Crippen LogP contribution in [0.2, 0.25) is 0 Å². The van der Waals surface area contributed by atoms with Crippen LogP contribution in [-0.2, 0) is 9.84 Å². The number of hydrogen-bond donors (Lipinski definition) is 0. The molecule has 0 saturated carbocycles. The highest BCUT2D eigenvalue weighted by Gasteiger charge is 2.28. The van der Waals surface area contributed by atoms with Crippen LogP contribution in [0.5, 0.6) is 17.2 Å². The molecular weight excluding hydrogens is 428 g/mol. The molecule has 0 amide bonds. The Hall–Kier alpha value is -3.58. The molecule has 7 heteroatoms. The monoisotopic (exact) mass is 452 g/mol. The molecule has 0 atom stereocenters. The molecule has 0 heterocycles. The van der Waals surface area contributed by atoms with Crippen molar-refractivity contribution >= 4 is 21.7 Å². The van der Waals surface area contributed by atoms with Crippen LogP contribution in [-0.4, -0.2) is 35.0 Å². The van der Waals surface area contributed by atoms with Crippen molar-refractivity contribution in [2.75, 3.05) is 20.8 Å². The molecule has 0 spiro atoms. The van der Waals surface area contributed by atoms with Gasteiger partial charge >= 0.3 is 0 Å². The number of methoxy groups -OCH3 is 2. The largest absolute Gasteiger partial charge is 0.497 e. The summed E-state index contributed by atoms with van der Waals surface area (Å²) in [4.78, 5) is 12.9. The van der Waals surface area contributed by atoms with E-state index >= 15 is 0 Å². The lowest BCUT2D eigenvalue weighted by atomic mass is 10.1. The van der Waals surface area contributed by atoms with Crippen molar-refractivity contribution in [1.29, 1.82) is 0 Å². The van der Waals surface area contributed by atoms with E-state index in [4.69, 9.17) is 14.2 Å². The lowest BCUT2D eigenvalue weighted by Crippen LogP contribution is -2.14. The Morgan fingerprint density at radius 1 is 0.875 bits per heavy atom. The van der Waals surface area contributed by atoms with Crippen molar-refractivity contribution in [1.82, 2.24) is 0 Å². The van der Waals surface area contributed by atoms with E-state index in [0.717, 1.165) is 0 Å². The first kappa shape index (κ1) is 23.1. The first-order valence-electron chi connectivity index (χ1n) is 9.92. The van der Waals surface area contributed by atoms with Crippen molar-refractivity contribution in [2.45, 2.75) is 11.8 Å². The summed E-state index contributed by atoms with van der Waals surface area (Å²) in [7, 11) is -1.14. The standard InChI is InChI=1S/C25H24O6S/c1-4-31-22-15-10-18(16-23(22)30-3)17-24(25(26)19-8-6-5-7-9-19)32(27,28)21-13-11-20(29-2)12-14-21/h5-17H,4H2,1-3H3. The van der Waals surface area contributed by atoms with Crippen LogP contribution in [0.3, 0.4) is 0 Å². The van der Waals surface area contributed by atoms with Gasteiger partial charge in [-0.25, -0.2) is 8.42 Å². The van der Waals surface area contributed by atoms with Gasteiger partial charge in [-0.1, -0.05) is 36.4 Å². The highest BCUT2D eigenvalue weighted by molar-refractivity contribution is 7.96. The van der Waals surface area contributed by atoms with E-state index in [1.807, 2.05) is 6.92 Å². The number of rotatable bonds is 9. The molecular formula is C25H24O6S. The van der Waals surface area contributed by atoms with Crippen molar-refractivity contribution in [3.63, 3.8) is 0 Å². The molecule has 0 aliphatic rings. The summed E-state index contributed by atoms with van der Waals surface area (Å²) in [5, 5.41) is 0. The van der Waals surface area contributed by atoms with Crippen molar-refractivity contribution < 1.29 is 27.4 Å². The summed E-state index contributed by atoms with van der Waals surface area (Å²) in [6, 6.07) is 19.2. The third-order valence-electron chi connectivity index (χ3n) is 4.70. The van der Waals surface area contributed by atoms with Gasteiger partial charge in [-0.2, -0.15) is 0 Å².